The first-order valence-electron chi connectivity index (χ1n) is 13.8. The number of aromatic nitrogens is 3. The number of pyridine rings is 1. The molecular weight excluding hydrogens is 520 g/mol. The number of rotatable bonds is 6. The number of H-pyrrole nitrogens is 1. The van der Waals surface area contributed by atoms with Crippen LogP contribution in [-0.4, -0.2) is 106 Å². The van der Waals surface area contributed by atoms with E-state index in [9.17, 15) is 14.7 Å². The van der Waals surface area contributed by atoms with Gasteiger partial charge in [-0.15, -0.1) is 0 Å². The Morgan fingerprint density at radius 1 is 0.902 bits per heavy atom. The number of benzene rings is 2. The van der Waals surface area contributed by atoms with Crippen molar-refractivity contribution in [1.29, 1.82) is 0 Å². The predicted octanol–water partition coefficient (Wildman–Crippen LogP) is 3.12. The zero-order chi connectivity index (χ0) is 28.2. The monoisotopic (exact) mass is 552 g/mol. The Balaban J connectivity index is 1.27. The second-order valence-corrected chi connectivity index (χ2v) is 10.2. The van der Waals surface area contributed by atoms with E-state index in [0.717, 1.165) is 24.2 Å². The molecule has 10 heteroatoms. The summed E-state index contributed by atoms with van der Waals surface area (Å²) in [5.74, 6) is 0.110. The molecule has 2 aromatic carbocycles. The summed E-state index contributed by atoms with van der Waals surface area (Å²) in [6.45, 7) is 5.06. The maximum Gasteiger partial charge on any atom is 0.254 e. The van der Waals surface area contributed by atoms with Crippen molar-refractivity contribution in [3.8, 4) is 17.0 Å². The number of aromatic amines is 1. The molecule has 2 aliphatic rings. The van der Waals surface area contributed by atoms with Crippen LogP contribution in [0.1, 0.15) is 21.6 Å². The Morgan fingerprint density at radius 2 is 1.61 bits per heavy atom. The zero-order valence-corrected chi connectivity index (χ0v) is 22.7. The number of piperazine rings is 1. The molecule has 0 atom stereocenters. The van der Waals surface area contributed by atoms with E-state index in [1.54, 1.807) is 35.2 Å². The van der Waals surface area contributed by atoms with Crippen LogP contribution in [0, 0.1) is 0 Å². The highest BCUT2D eigenvalue weighted by Gasteiger charge is 2.28. The molecule has 6 rings (SSSR count). The topological polar surface area (TPSA) is 115 Å². The van der Waals surface area contributed by atoms with E-state index in [0.29, 0.717) is 73.9 Å². The fourth-order valence-electron chi connectivity index (χ4n) is 5.24. The lowest BCUT2D eigenvalue weighted by atomic mass is 10.0. The average molecular weight is 553 g/mol. The molecule has 4 heterocycles. The summed E-state index contributed by atoms with van der Waals surface area (Å²) in [5, 5.41) is 17.9. The van der Waals surface area contributed by atoms with Gasteiger partial charge in [-0.3, -0.25) is 19.6 Å². The molecular formula is C31H32N6O4. The second kappa shape index (κ2) is 11.9. The smallest absolute Gasteiger partial charge is 0.254 e. The number of phenolic OH excluding ortho intramolecular Hbond substituents is 1. The number of hydrogen-bond donors (Lipinski definition) is 2. The van der Waals surface area contributed by atoms with Crippen LogP contribution in [0.25, 0.3) is 34.4 Å². The zero-order valence-electron chi connectivity index (χ0n) is 22.7. The van der Waals surface area contributed by atoms with Gasteiger partial charge in [0, 0.05) is 44.8 Å². The third kappa shape index (κ3) is 5.98. The molecule has 2 N–H and O–H groups in total. The van der Waals surface area contributed by atoms with Crippen LogP contribution in [0.3, 0.4) is 0 Å². The van der Waals surface area contributed by atoms with E-state index in [4.69, 9.17) is 9.72 Å². The van der Waals surface area contributed by atoms with Gasteiger partial charge in [0.15, 0.2) is 5.65 Å². The number of ether oxygens (including phenoxy) is 1. The number of nitrogens with zero attached hydrogens (tertiary/aromatic N) is 5. The molecule has 2 aromatic heterocycles. The van der Waals surface area contributed by atoms with Crippen molar-refractivity contribution in [2.75, 3.05) is 59.0 Å². The van der Waals surface area contributed by atoms with Gasteiger partial charge in [0.2, 0.25) is 5.91 Å². The van der Waals surface area contributed by atoms with Crippen LogP contribution in [0.5, 0.6) is 5.75 Å². The molecule has 4 aromatic rings. The number of hydrogen-bond acceptors (Lipinski definition) is 7. The van der Waals surface area contributed by atoms with Crippen molar-refractivity contribution in [2.45, 2.75) is 0 Å². The van der Waals surface area contributed by atoms with Gasteiger partial charge < -0.3 is 19.6 Å². The Morgan fingerprint density at radius 3 is 2.34 bits per heavy atom. The van der Waals surface area contributed by atoms with Crippen molar-refractivity contribution in [3.63, 3.8) is 0 Å². The molecule has 2 amide bonds. The van der Waals surface area contributed by atoms with Gasteiger partial charge in [0.25, 0.3) is 5.91 Å². The number of carbonyl (C=O) groups is 2. The van der Waals surface area contributed by atoms with E-state index in [-0.39, 0.29) is 17.6 Å². The summed E-state index contributed by atoms with van der Waals surface area (Å²) < 4.78 is 5.38. The first kappa shape index (κ1) is 26.7. The average Bonchev–Trinajstić information content (AvgIpc) is 3.43. The number of amides is 2. The standard InChI is InChI=1S/C31H32N6O4/c38-24-9-7-23(8-10-24)27-20-25(29-26(33-34-30(29)32-27)11-6-22-4-2-1-3-5-22)31(40)37-14-12-36(13-15-37)28(39)21-35-16-18-41-19-17-35/h1-11,20,38H,12-19,21H2,(H,32,33,34). The van der Waals surface area contributed by atoms with Crippen molar-refractivity contribution in [2.24, 2.45) is 0 Å². The molecule has 2 fully saturated rings. The summed E-state index contributed by atoms with van der Waals surface area (Å²) in [7, 11) is 0. The van der Waals surface area contributed by atoms with Gasteiger partial charge in [0.1, 0.15) is 5.75 Å². The fourth-order valence-corrected chi connectivity index (χ4v) is 5.24. The van der Waals surface area contributed by atoms with Crippen LogP contribution in [0.4, 0.5) is 0 Å². The number of aromatic hydroxyl groups is 1. The minimum Gasteiger partial charge on any atom is -0.508 e. The fraction of sp³-hybridized carbons (Fsp3) is 0.290. The van der Waals surface area contributed by atoms with E-state index < -0.39 is 0 Å². The van der Waals surface area contributed by atoms with Gasteiger partial charge >= 0.3 is 0 Å². The van der Waals surface area contributed by atoms with Crippen LogP contribution in [-0.2, 0) is 9.53 Å². The van der Waals surface area contributed by atoms with Crippen LogP contribution in [0.15, 0.2) is 60.7 Å². The number of nitrogens with one attached hydrogen (secondary N) is 1. The second-order valence-electron chi connectivity index (χ2n) is 10.2. The number of morpholine rings is 1. The van der Waals surface area contributed by atoms with Crippen molar-refractivity contribution in [1.82, 2.24) is 29.9 Å². The van der Waals surface area contributed by atoms with Crippen molar-refractivity contribution >= 4 is 35.0 Å². The largest absolute Gasteiger partial charge is 0.508 e. The molecule has 0 saturated carbocycles. The summed E-state index contributed by atoms with van der Waals surface area (Å²) in [5.41, 5.74) is 4.01. The number of phenols is 1. The first-order valence-corrected chi connectivity index (χ1v) is 13.8. The maximum absolute atomic E-state index is 14.0. The van der Waals surface area contributed by atoms with Crippen LogP contribution in [0.2, 0.25) is 0 Å². The van der Waals surface area contributed by atoms with Gasteiger partial charge in [-0.05, 0) is 42.0 Å². The quantitative estimate of drug-likeness (QED) is 0.378. The van der Waals surface area contributed by atoms with E-state index >= 15 is 0 Å². The molecule has 210 valence electrons. The van der Waals surface area contributed by atoms with Gasteiger partial charge in [-0.2, -0.15) is 5.10 Å². The molecule has 0 spiro atoms. The normalized spacial score (nSPS) is 16.5. The van der Waals surface area contributed by atoms with Gasteiger partial charge in [-0.1, -0.05) is 36.4 Å². The lowest BCUT2D eigenvalue weighted by Gasteiger charge is -2.36. The van der Waals surface area contributed by atoms with E-state index in [2.05, 4.69) is 15.1 Å². The van der Waals surface area contributed by atoms with E-state index in [1.165, 1.54) is 0 Å². The minimum absolute atomic E-state index is 0.0862. The lowest BCUT2D eigenvalue weighted by molar-refractivity contribution is -0.134. The Kier molecular flexibility index (Phi) is 7.75. The van der Waals surface area contributed by atoms with Gasteiger partial charge in [-0.25, -0.2) is 4.98 Å². The maximum atomic E-state index is 14.0. The molecule has 0 aliphatic carbocycles. The lowest BCUT2D eigenvalue weighted by Crippen LogP contribution is -2.53. The SMILES string of the molecule is O=C(CN1CCOCC1)N1CCN(C(=O)c2cc(-c3ccc(O)cc3)nc3[nH]nc(C=Cc4ccccc4)c23)CC1. The molecule has 2 saturated heterocycles. The Bertz CT molecular complexity index is 1550. The summed E-state index contributed by atoms with van der Waals surface area (Å²) in [4.78, 5) is 37.5. The Labute approximate surface area is 237 Å². The number of carbonyl (C=O) groups excluding carboxylic acids is 2. The third-order valence-electron chi connectivity index (χ3n) is 7.57. The molecule has 0 unspecified atom stereocenters. The van der Waals surface area contributed by atoms with E-state index in [1.807, 2.05) is 47.4 Å². The summed E-state index contributed by atoms with van der Waals surface area (Å²) in [6.07, 6.45) is 3.84. The molecule has 2 aliphatic heterocycles. The van der Waals surface area contributed by atoms with Crippen LogP contribution < -0.4 is 0 Å². The highest BCUT2D eigenvalue weighted by Crippen LogP contribution is 2.29. The Hall–Kier alpha value is -4.54. The molecule has 0 bridgehead atoms. The first-order chi connectivity index (χ1) is 20.0. The summed E-state index contributed by atoms with van der Waals surface area (Å²) >= 11 is 0. The van der Waals surface area contributed by atoms with Crippen molar-refractivity contribution in [3.05, 3.63) is 77.5 Å². The highest BCUT2D eigenvalue weighted by molar-refractivity contribution is 6.09. The highest BCUT2D eigenvalue weighted by atomic mass is 16.5. The molecule has 41 heavy (non-hydrogen) atoms. The third-order valence-corrected chi connectivity index (χ3v) is 7.57. The predicted molar refractivity (Wildman–Crippen MR) is 156 cm³/mol. The number of fused-ring (bicyclic) bond motifs is 1. The van der Waals surface area contributed by atoms with Gasteiger partial charge in [0.05, 0.1) is 42.1 Å². The summed E-state index contributed by atoms with van der Waals surface area (Å²) in [6, 6.07) is 18.4. The molecule has 10 nitrogen and oxygen atoms in total. The van der Waals surface area contributed by atoms with Crippen molar-refractivity contribution < 1.29 is 19.4 Å². The molecule has 0 radical (unpaired) electrons. The van der Waals surface area contributed by atoms with Crippen LogP contribution >= 0.6 is 0 Å². The minimum atomic E-state index is -0.131.